The summed E-state index contributed by atoms with van der Waals surface area (Å²) in [6.45, 7) is 3.93. The molecule has 0 aliphatic heterocycles. The Bertz CT molecular complexity index is 902. The Hall–Kier alpha value is -2.33. The molecule has 0 saturated heterocycles. The highest BCUT2D eigenvalue weighted by Gasteiger charge is 2.09. The van der Waals surface area contributed by atoms with E-state index in [1.807, 2.05) is 30.3 Å². The molecule has 0 aliphatic rings. The summed E-state index contributed by atoms with van der Waals surface area (Å²) in [6.07, 6.45) is 5.63. The van der Waals surface area contributed by atoms with E-state index in [-0.39, 0.29) is 5.91 Å². The van der Waals surface area contributed by atoms with E-state index in [1.54, 1.807) is 0 Å². The minimum Gasteiger partial charge on any atom is -0.356 e. The smallest absolute Gasteiger partial charge is 0.224 e. The number of carbonyl (C=O) groups excluding carboxylic acids is 1. The molecule has 3 rings (SSSR count). The summed E-state index contributed by atoms with van der Waals surface area (Å²) in [5, 5.41) is 3.70. The molecule has 2 aromatic carbocycles. The number of unbranched alkanes of at least 4 members (excludes halogenated alkanes) is 2. The molecule has 0 atom stereocenters. The fourth-order valence-corrected chi connectivity index (χ4v) is 3.58. The first-order valence-corrected chi connectivity index (χ1v) is 10.5. The Morgan fingerprint density at radius 2 is 1.86 bits per heavy atom. The highest BCUT2D eigenvalue weighted by atomic mass is 35.5. The summed E-state index contributed by atoms with van der Waals surface area (Å²) in [5.74, 6) is 1.24. The van der Waals surface area contributed by atoms with E-state index in [0.29, 0.717) is 11.4 Å². The van der Waals surface area contributed by atoms with Crippen LogP contribution < -0.4 is 5.32 Å². The standard InChI is InChI=1S/C23H28ClN3O/c1-2-16-27-21-9-6-5-8-20(21)26-22(27)10-4-3-7-15-25-23(28)17-18-11-13-19(24)14-12-18/h5-6,8-9,11-14H,2-4,7,10,15-17H2,1H3,(H,25,28). The number of rotatable bonds is 10. The molecule has 0 fully saturated rings. The van der Waals surface area contributed by atoms with E-state index >= 15 is 0 Å². The molecule has 0 saturated carbocycles. The van der Waals surface area contributed by atoms with Crippen LogP contribution in [0, 0.1) is 0 Å². The van der Waals surface area contributed by atoms with Crippen LogP contribution in [-0.4, -0.2) is 22.0 Å². The molecule has 1 N–H and O–H groups in total. The molecule has 0 radical (unpaired) electrons. The molecule has 1 aromatic heterocycles. The van der Waals surface area contributed by atoms with Gasteiger partial charge in [0.05, 0.1) is 17.5 Å². The average molecular weight is 398 g/mol. The minimum atomic E-state index is 0.0621. The molecule has 1 heterocycles. The lowest BCUT2D eigenvalue weighted by molar-refractivity contribution is -0.120. The Balaban J connectivity index is 1.39. The molecule has 4 nitrogen and oxygen atoms in total. The maximum Gasteiger partial charge on any atom is 0.224 e. The number of carbonyl (C=O) groups is 1. The number of aryl methyl sites for hydroxylation is 2. The number of hydrogen-bond donors (Lipinski definition) is 1. The first-order valence-electron chi connectivity index (χ1n) is 10.1. The minimum absolute atomic E-state index is 0.0621. The number of fused-ring (bicyclic) bond motifs is 1. The van der Waals surface area contributed by atoms with Crippen LogP contribution in [-0.2, 0) is 24.2 Å². The van der Waals surface area contributed by atoms with E-state index in [4.69, 9.17) is 16.6 Å². The maximum atomic E-state index is 12.0. The Labute approximate surface area is 171 Å². The second-order valence-corrected chi connectivity index (χ2v) is 7.57. The van der Waals surface area contributed by atoms with Gasteiger partial charge in [-0.3, -0.25) is 4.79 Å². The van der Waals surface area contributed by atoms with Gasteiger partial charge in [0.2, 0.25) is 5.91 Å². The van der Waals surface area contributed by atoms with E-state index in [9.17, 15) is 4.79 Å². The van der Waals surface area contributed by atoms with Crippen molar-refractivity contribution >= 4 is 28.5 Å². The molecule has 0 aliphatic carbocycles. The van der Waals surface area contributed by atoms with Gasteiger partial charge in [-0.1, -0.05) is 49.2 Å². The van der Waals surface area contributed by atoms with Crippen LogP contribution in [0.5, 0.6) is 0 Å². The third-order valence-electron chi connectivity index (χ3n) is 4.86. The lowest BCUT2D eigenvalue weighted by Crippen LogP contribution is -2.26. The number of aromatic nitrogens is 2. The first kappa shape index (κ1) is 20.4. The zero-order valence-corrected chi connectivity index (χ0v) is 17.2. The Kier molecular flexibility index (Phi) is 7.49. The van der Waals surface area contributed by atoms with Crippen LogP contribution in [0.1, 0.15) is 44.0 Å². The molecule has 0 bridgehead atoms. The summed E-state index contributed by atoms with van der Waals surface area (Å²) in [7, 11) is 0. The van der Waals surface area contributed by atoms with Gasteiger partial charge in [0.15, 0.2) is 0 Å². The molecule has 0 spiro atoms. The van der Waals surface area contributed by atoms with Gasteiger partial charge in [0.1, 0.15) is 5.82 Å². The SMILES string of the molecule is CCCn1c(CCCCCNC(=O)Cc2ccc(Cl)cc2)nc2ccccc21. The predicted octanol–water partition coefficient (Wildman–Crippen LogP) is 5.17. The molecule has 28 heavy (non-hydrogen) atoms. The van der Waals surface area contributed by atoms with Crippen LogP contribution in [0.25, 0.3) is 11.0 Å². The number of halogens is 1. The van der Waals surface area contributed by atoms with Crippen LogP contribution in [0.2, 0.25) is 5.02 Å². The first-order chi connectivity index (χ1) is 13.7. The van der Waals surface area contributed by atoms with Crippen LogP contribution >= 0.6 is 11.6 Å². The fraction of sp³-hybridized carbons (Fsp3) is 0.391. The Morgan fingerprint density at radius 3 is 2.64 bits per heavy atom. The summed E-state index contributed by atoms with van der Waals surface area (Å²) >= 11 is 5.87. The number of para-hydroxylation sites is 2. The average Bonchev–Trinajstić information content (AvgIpc) is 3.04. The third-order valence-corrected chi connectivity index (χ3v) is 5.11. The van der Waals surface area contributed by atoms with Gasteiger partial charge in [-0.25, -0.2) is 4.98 Å². The molecule has 3 aromatic rings. The van der Waals surface area contributed by atoms with Crippen molar-refractivity contribution in [3.63, 3.8) is 0 Å². The van der Waals surface area contributed by atoms with Gasteiger partial charge in [-0.2, -0.15) is 0 Å². The second kappa shape index (κ2) is 10.3. The van der Waals surface area contributed by atoms with E-state index in [1.165, 1.54) is 11.3 Å². The number of imidazole rings is 1. The lowest BCUT2D eigenvalue weighted by atomic mass is 10.1. The van der Waals surface area contributed by atoms with Crippen molar-refractivity contribution in [3.05, 3.63) is 64.9 Å². The van der Waals surface area contributed by atoms with E-state index < -0.39 is 0 Å². The van der Waals surface area contributed by atoms with Crippen molar-refractivity contribution in [2.75, 3.05) is 6.54 Å². The monoisotopic (exact) mass is 397 g/mol. The number of nitrogens with zero attached hydrogens (tertiary/aromatic N) is 2. The lowest BCUT2D eigenvalue weighted by Gasteiger charge is -2.08. The van der Waals surface area contributed by atoms with Crippen molar-refractivity contribution < 1.29 is 4.79 Å². The molecule has 5 heteroatoms. The highest BCUT2D eigenvalue weighted by molar-refractivity contribution is 6.30. The van der Waals surface area contributed by atoms with Gasteiger partial charge < -0.3 is 9.88 Å². The largest absolute Gasteiger partial charge is 0.356 e. The van der Waals surface area contributed by atoms with Gasteiger partial charge >= 0.3 is 0 Å². The molecule has 1 amide bonds. The maximum absolute atomic E-state index is 12.0. The van der Waals surface area contributed by atoms with E-state index in [2.05, 4.69) is 35.0 Å². The number of hydrogen-bond acceptors (Lipinski definition) is 2. The number of benzene rings is 2. The van der Waals surface area contributed by atoms with Crippen molar-refractivity contribution in [3.8, 4) is 0 Å². The fourth-order valence-electron chi connectivity index (χ4n) is 3.45. The van der Waals surface area contributed by atoms with Crippen LogP contribution in [0.15, 0.2) is 48.5 Å². The second-order valence-electron chi connectivity index (χ2n) is 7.13. The molecular weight excluding hydrogens is 370 g/mol. The topological polar surface area (TPSA) is 46.9 Å². The van der Waals surface area contributed by atoms with Gasteiger partial charge in [-0.05, 0) is 49.1 Å². The van der Waals surface area contributed by atoms with Crippen molar-refractivity contribution in [1.29, 1.82) is 0 Å². The molecule has 148 valence electrons. The summed E-state index contributed by atoms with van der Waals surface area (Å²) in [6, 6.07) is 15.8. The highest BCUT2D eigenvalue weighted by Crippen LogP contribution is 2.18. The number of nitrogens with one attached hydrogen (secondary N) is 1. The van der Waals surface area contributed by atoms with Gasteiger partial charge in [-0.15, -0.1) is 0 Å². The zero-order valence-electron chi connectivity index (χ0n) is 16.5. The summed E-state index contributed by atoms with van der Waals surface area (Å²) < 4.78 is 2.35. The van der Waals surface area contributed by atoms with E-state index in [0.717, 1.165) is 56.3 Å². The number of amides is 1. The van der Waals surface area contributed by atoms with Gasteiger partial charge in [0, 0.05) is 24.5 Å². The zero-order chi connectivity index (χ0) is 19.8. The third kappa shape index (κ3) is 5.59. The normalized spacial score (nSPS) is 11.1. The Morgan fingerprint density at radius 1 is 1.07 bits per heavy atom. The van der Waals surface area contributed by atoms with Crippen molar-refractivity contribution in [2.24, 2.45) is 0 Å². The van der Waals surface area contributed by atoms with Crippen LogP contribution in [0.3, 0.4) is 0 Å². The summed E-state index contributed by atoms with van der Waals surface area (Å²) in [4.78, 5) is 16.8. The van der Waals surface area contributed by atoms with Crippen molar-refractivity contribution in [1.82, 2.24) is 14.9 Å². The quantitative estimate of drug-likeness (QED) is 0.479. The molecule has 0 unspecified atom stereocenters. The summed E-state index contributed by atoms with van der Waals surface area (Å²) in [5.41, 5.74) is 3.30. The van der Waals surface area contributed by atoms with Crippen LogP contribution in [0.4, 0.5) is 0 Å². The molecular formula is C23H28ClN3O. The predicted molar refractivity (Wildman–Crippen MR) is 116 cm³/mol. The van der Waals surface area contributed by atoms with Gasteiger partial charge in [0.25, 0.3) is 0 Å². The van der Waals surface area contributed by atoms with Crippen molar-refractivity contribution in [2.45, 2.75) is 52.0 Å².